The summed E-state index contributed by atoms with van der Waals surface area (Å²) >= 11 is 21.0. The lowest BCUT2D eigenvalue weighted by atomic mass is 10.0. The van der Waals surface area contributed by atoms with Gasteiger partial charge in [-0.25, -0.2) is 0 Å². The molecule has 9 rings (SSSR count). The lowest BCUT2D eigenvalue weighted by molar-refractivity contribution is 0.414. The molecule has 5 saturated heterocycles. The Kier molecular flexibility index (Phi) is 46.2. The van der Waals surface area contributed by atoms with Crippen LogP contribution >= 0.6 is 118 Å². The van der Waals surface area contributed by atoms with Crippen molar-refractivity contribution >= 4 is 118 Å². The normalized spacial score (nSPS) is 23.6. The van der Waals surface area contributed by atoms with Gasteiger partial charge in [-0.1, -0.05) is 205 Å². The zero-order chi connectivity index (χ0) is 66.5. The van der Waals surface area contributed by atoms with E-state index in [-0.39, 0.29) is 0 Å². The molecule has 0 unspecified atom stereocenters. The molecular formula is C78H119N3O2S10. The highest BCUT2D eigenvalue weighted by Crippen LogP contribution is 2.50. The summed E-state index contributed by atoms with van der Waals surface area (Å²) in [6, 6.07) is 36.8. The number of hydrogen-bond acceptors (Lipinski definition) is 15. The van der Waals surface area contributed by atoms with Gasteiger partial charge in [-0.15, -0.1) is 118 Å². The maximum atomic E-state index is 9.34. The summed E-state index contributed by atoms with van der Waals surface area (Å²) in [5.41, 5.74) is 7.02. The van der Waals surface area contributed by atoms with Gasteiger partial charge < -0.3 is 9.84 Å². The van der Waals surface area contributed by atoms with E-state index in [4.69, 9.17) is 15.3 Å². The van der Waals surface area contributed by atoms with Gasteiger partial charge >= 0.3 is 0 Å². The van der Waals surface area contributed by atoms with Gasteiger partial charge in [0.15, 0.2) is 0 Å². The maximum Gasteiger partial charge on any atom is 0.118 e. The Hall–Kier alpha value is -1.08. The largest absolute Gasteiger partial charge is 0.508 e. The number of aromatic hydroxyl groups is 1. The molecule has 0 saturated carbocycles. The van der Waals surface area contributed by atoms with Crippen LogP contribution in [0.15, 0.2) is 97.1 Å². The number of benzene rings is 4. The minimum Gasteiger partial charge on any atom is -0.508 e. The Labute approximate surface area is 611 Å². The van der Waals surface area contributed by atoms with Gasteiger partial charge in [0, 0.05) is 0 Å². The van der Waals surface area contributed by atoms with E-state index in [1.807, 2.05) is 24.3 Å². The SMILES string of the molecule is CCCCC1CSC(c2ccc(C#N)cc2)SC1.CCCCC1CSC(c2ccc(OC)cc2)SC1.CCCCCCCC1CSC(N(C)C)SC1.CCCCCCCC1CSC(c2ccc(C#N)cc2)SC1.CCCCCCCC1CSC(c2ccc(O)cc2)SC1. The number of rotatable bonds is 30. The Bertz CT molecular complexity index is 2530. The Morgan fingerprint density at radius 3 is 0.860 bits per heavy atom. The monoisotopic (exact) mass is 1450 g/mol. The van der Waals surface area contributed by atoms with Gasteiger partial charge in [0.2, 0.25) is 0 Å². The molecule has 5 nitrogen and oxygen atoms in total. The Morgan fingerprint density at radius 1 is 0.355 bits per heavy atom. The fraction of sp³-hybridized carbons (Fsp3) is 0.667. The summed E-state index contributed by atoms with van der Waals surface area (Å²) in [6.45, 7) is 11.4. The molecule has 0 bridgehead atoms. The molecule has 0 aliphatic carbocycles. The Balaban J connectivity index is 0.000000211. The molecule has 5 fully saturated rings. The number of phenolic OH excluding ortho intramolecular Hbond substituents is 1. The van der Waals surface area contributed by atoms with Gasteiger partial charge in [-0.2, -0.15) is 10.5 Å². The topological polar surface area (TPSA) is 80.3 Å². The quantitative estimate of drug-likeness (QED) is 0.0503. The first-order valence-corrected chi connectivity index (χ1v) is 46.3. The fourth-order valence-corrected chi connectivity index (χ4v) is 27.2. The molecule has 5 aliphatic heterocycles. The molecular weight excluding hydrogens is 1330 g/mol. The molecule has 518 valence electrons. The Morgan fingerprint density at radius 2 is 0.602 bits per heavy atom. The van der Waals surface area contributed by atoms with E-state index in [9.17, 15) is 5.11 Å². The number of thioether (sulfide) groups is 10. The number of hydrogen-bond donors (Lipinski definition) is 1. The van der Waals surface area contributed by atoms with Crippen molar-refractivity contribution < 1.29 is 9.84 Å². The minimum atomic E-state index is 0.365. The van der Waals surface area contributed by atoms with E-state index in [0.717, 1.165) is 46.5 Å². The van der Waals surface area contributed by atoms with Crippen molar-refractivity contribution in [2.45, 2.75) is 212 Å². The van der Waals surface area contributed by atoms with E-state index in [1.54, 1.807) is 19.2 Å². The summed E-state index contributed by atoms with van der Waals surface area (Å²) in [6.07, 6.45) is 33.6. The lowest BCUT2D eigenvalue weighted by Gasteiger charge is -2.31. The second kappa shape index (κ2) is 52.0. The summed E-state index contributed by atoms with van der Waals surface area (Å²) in [5.74, 6) is 19.1. The van der Waals surface area contributed by atoms with Gasteiger partial charge in [0.1, 0.15) is 16.2 Å². The van der Waals surface area contributed by atoms with E-state index in [2.05, 4.69) is 244 Å². The van der Waals surface area contributed by atoms with Crippen molar-refractivity contribution in [1.82, 2.24) is 4.90 Å². The van der Waals surface area contributed by atoms with Crippen LogP contribution in [0.25, 0.3) is 0 Å². The highest BCUT2D eigenvalue weighted by molar-refractivity contribution is 8.18. The maximum absolute atomic E-state index is 9.34. The van der Waals surface area contributed by atoms with Crippen molar-refractivity contribution in [2.24, 2.45) is 29.6 Å². The van der Waals surface area contributed by atoms with Crippen molar-refractivity contribution in [3.05, 3.63) is 130 Å². The van der Waals surface area contributed by atoms with Crippen LogP contribution in [-0.4, -0.2) is 93.4 Å². The van der Waals surface area contributed by atoms with Crippen LogP contribution < -0.4 is 4.74 Å². The number of unbranched alkanes of at least 4 members (excludes halogenated alkanes) is 14. The fourth-order valence-electron chi connectivity index (χ4n) is 11.5. The highest BCUT2D eigenvalue weighted by Gasteiger charge is 2.27. The molecule has 5 aliphatic rings. The van der Waals surface area contributed by atoms with Crippen LogP contribution in [0.5, 0.6) is 11.5 Å². The lowest BCUT2D eigenvalue weighted by Crippen LogP contribution is -2.28. The highest BCUT2D eigenvalue weighted by atomic mass is 32.2. The number of nitrogens with zero attached hydrogens (tertiary/aromatic N) is 3. The molecule has 15 heteroatoms. The van der Waals surface area contributed by atoms with Crippen molar-refractivity contribution in [3.8, 4) is 23.6 Å². The van der Waals surface area contributed by atoms with Crippen LogP contribution in [-0.2, 0) is 0 Å². The van der Waals surface area contributed by atoms with E-state index in [1.165, 1.54) is 234 Å². The second-order valence-electron chi connectivity index (χ2n) is 26.0. The summed E-state index contributed by atoms with van der Waals surface area (Å²) < 4.78 is 8.22. The molecule has 0 atom stereocenters. The second-order valence-corrected chi connectivity index (χ2v) is 38.8. The predicted molar refractivity (Wildman–Crippen MR) is 433 cm³/mol. The van der Waals surface area contributed by atoms with Gasteiger partial charge in [0.25, 0.3) is 0 Å². The zero-order valence-electron chi connectivity index (χ0n) is 58.3. The molecule has 4 aromatic rings. The standard InChI is InChI=1S/C18H25NS2.C17H26OS2.C15H19NS2.C15H22OS2.C13H27NS2/c1-2-3-4-5-6-7-16-13-20-18(21-14-16)17-10-8-15(12-19)9-11-17;1-2-3-4-5-6-7-14-12-19-17(20-13-14)15-8-10-16(18)11-9-15;1-2-3-4-13-10-17-15(18-11-13)14-7-5-12(9-16)6-8-14;1-3-4-5-12-10-17-15(18-11-12)13-6-8-14(16-2)9-7-13;1-4-5-6-7-8-9-12-10-15-13(14(2)3)16-11-12/h8-11,16,18H,2-7,13-14H2,1H3;8-11,14,17-18H,2-7,12-13H2,1H3;5-8,13,15H,2-4,10-11H2,1H3;6-9,12,15H,3-5,10-11H2,1-2H3;12-13H,4-11H2,1-3H3. The van der Waals surface area contributed by atoms with Gasteiger partial charge in [-0.3, -0.25) is 4.90 Å². The molecule has 4 aromatic carbocycles. The minimum absolute atomic E-state index is 0.365. The number of methoxy groups -OCH3 is 1. The first-order valence-electron chi connectivity index (χ1n) is 35.8. The molecule has 1 N–H and O–H groups in total. The van der Waals surface area contributed by atoms with E-state index in [0.29, 0.717) is 28.8 Å². The summed E-state index contributed by atoms with van der Waals surface area (Å²) in [5, 5.41) is 27.0. The zero-order valence-corrected chi connectivity index (χ0v) is 66.5. The molecule has 93 heavy (non-hydrogen) atoms. The molecule has 0 aromatic heterocycles. The average molecular weight is 1450 g/mol. The average Bonchev–Trinajstić information content (AvgIpc) is 1.71. The van der Waals surface area contributed by atoms with Crippen LogP contribution in [0, 0.1) is 52.3 Å². The van der Waals surface area contributed by atoms with Gasteiger partial charge in [-0.05, 0) is 204 Å². The third-order valence-electron chi connectivity index (χ3n) is 17.5. The molecule has 0 amide bonds. The first kappa shape index (κ1) is 82.6. The predicted octanol–water partition coefficient (Wildman–Crippen LogP) is 26.0. The van der Waals surface area contributed by atoms with Crippen LogP contribution in [0.2, 0.25) is 0 Å². The first-order chi connectivity index (χ1) is 45.5. The van der Waals surface area contributed by atoms with Crippen LogP contribution in [0.4, 0.5) is 0 Å². The number of ether oxygens (including phenoxy) is 1. The van der Waals surface area contributed by atoms with Crippen molar-refractivity contribution in [3.63, 3.8) is 0 Å². The summed E-state index contributed by atoms with van der Waals surface area (Å²) in [7, 11) is 6.10. The van der Waals surface area contributed by atoms with Crippen molar-refractivity contribution in [2.75, 3.05) is 78.7 Å². The molecule has 0 spiro atoms. The smallest absolute Gasteiger partial charge is 0.118 e. The van der Waals surface area contributed by atoms with Crippen LogP contribution in [0.3, 0.4) is 0 Å². The molecule has 0 radical (unpaired) electrons. The number of nitriles is 2. The van der Waals surface area contributed by atoms with Gasteiger partial charge in [0.05, 0.1) is 48.7 Å². The van der Waals surface area contributed by atoms with E-state index >= 15 is 0 Å². The summed E-state index contributed by atoms with van der Waals surface area (Å²) in [4.78, 5) is 2.34. The van der Waals surface area contributed by atoms with Crippen molar-refractivity contribution in [1.29, 1.82) is 10.5 Å². The third-order valence-corrected chi connectivity index (χ3v) is 34.2. The van der Waals surface area contributed by atoms with Crippen LogP contribution in [0.1, 0.15) is 240 Å². The van der Waals surface area contributed by atoms with E-state index < -0.39 is 0 Å². The third kappa shape index (κ3) is 34.7. The number of phenols is 1. The molecule has 5 heterocycles.